The van der Waals surface area contributed by atoms with E-state index >= 15 is 0 Å². The van der Waals surface area contributed by atoms with Crippen molar-refractivity contribution in [2.24, 2.45) is 0 Å². The van der Waals surface area contributed by atoms with Gasteiger partial charge in [0.2, 0.25) is 5.54 Å². The normalized spacial score (nSPS) is 18.9. The number of likely N-dealkylation sites (tertiary alicyclic amines) is 3. The van der Waals surface area contributed by atoms with Crippen LogP contribution in [-0.4, -0.2) is 165 Å². The first-order chi connectivity index (χ1) is 29.7. The van der Waals surface area contributed by atoms with Crippen molar-refractivity contribution in [2.45, 2.75) is 100 Å². The Morgan fingerprint density at radius 1 is 0.492 bits per heavy atom. The third-order valence-corrected chi connectivity index (χ3v) is 11.3. The summed E-state index contributed by atoms with van der Waals surface area (Å²) in [5.41, 5.74) is -6.74. The minimum absolute atomic E-state index is 0.327. The van der Waals surface area contributed by atoms with Crippen LogP contribution in [0, 0.1) is 0 Å². The molecule has 0 unspecified atom stereocenters. The maximum Gasteiger partial charge on any atom is 0.333 e. The minimum Gasteiger partial charge on any atom is -0.550 e. The van der Waals surface area contributed by atoms with Crippen molar-refractivity contribution >= 4 is 53.7 Å². The summed E-state index contributed by atoms with van der Waals surface area (Å²) in [6, 6.07) is 9.06. The summed E-state index contributed by atoms with van der Waals surface area (Å²) in [5, 5.41) is 77.9. The molecule has 5 rings (SSSR count). The molecule has 0 saturated carbocycles. The van der Waals surface area contributed by atoms with Gasteiger partial charge in [0.1, 0.15) is 11.2 Å². The first kappa shape index (κ1) is 51.8. The Bertz CT molecular complexity index is 1660. The number of barbiturate groups is 1. The van der Waals surface area contributed by atoms with Crippen LogP contribution < -0.4 is 30.6 Å². The summed E-state index contributed by atoms with van der Waals surface area (Å²) in [7, 11) is 0. The number of amides is 4. The van der Waals surface area contributed by atoms with E-state index in [1.807, 2.05) is 30.3 Å². The number of aliphatic carboxylic acids is 6. The largest absolute Gasteiger partial charge is 0.550 e. The zero-order valence-electron chi connectivity index (χ0n) is 34.9. The monoisotopic (exact) mass is 887 g/mol. The van der Waals surface area contributed by atoms with Crippen LogP contribution in [0.5, 0.6) is 0 Å². The fourth-order valence-electron chi connectivity index (χ4n) is 8.02. The molecule has 0 spiro atoms. The highest BCUT2D eigenvalue weighted by Gasteiger charge is 2.61. The molecule has 0 aliphatic carbocycles. The lowest BCUT2D eigenvalue weighted by molar-refractivity contribution is -0.340. The van der Waals surface area contributed by atoms with Crippen molar-refractivity contribution in [1.29, 1.82) is 0 Å². The summed E-state index contributed by atoms with van der Waals surface area (Å²) in [6.07, 6.45) is 4.67. The molecule has 22 nitrogen and oxygen atoms in total. The molecule has 1 aromatic carbocycles. The van der Waals surface area contributed by atoms with Crippen molar-refractivity contribution in [3.63, 3.8) is 0 Å². The van der Waals surface area contributed by atoms with Crippen LogP contribution in [-0.2, 0) is 43.9 Å². The van der Waals surface area contributed by atoms with Gasteiger partial charge in [-0.25, -0.2) is 4.79 Å². The number of imide groups is 2. The van der Waals surface area contributed by atoms with Gasteiger partial charge in [0.15, 0.2) is 0 Å². The van der Waals surface area contributed by atoms with Crippen LogP contribution in [0.4, 0.5) is 4.79 Å². The van der Waals surface area contributed by atoms with Crippen LogP contribution >= 0.6 is 0 Å². The second-order valence-electron chi connectivity index (χ2n) is 16.0. The molecule has 4 amide bonds. The van der Waals surface area contributed by atoms with E-state index in [9.17, 15) is 73.8 Å². The van der Waals surface area contributed by atoms with Gasteiger partial charge in [0, 0.05) is 75.7 Å². The number of hydrogen-bond donors (Lipinski definition) is 2. The first-order valence-corrected chi connectivity index (χ1v) is 20.8. The Kier molecular flexibility index (Phi) is 19.5. The highest BCUT2D eigenvalue weighted by Crippen LogP contribution is 2.39. The summed E-state index contributed by atoms with van der Waals surface area (Å²) in [4.78, 5) is 112. The average Bonchev–Trinajstić information content (AvgIpc) is 3.22. The molecule has 63 heavy (non-hydrogen) atoms. The molecule has 22 heteroatoms. The number of hydrogen-bond acceptors (Lipinski definition) is 20. The molecule has 4 aliphatic heterocycles. The standard InChI is InChI=1S/C29H43N5O3.2C6H8O7/c35-26-29(25-13-5-1-6-14-25,32-19-11-4-12-20-32)27(36)34(24-22-31-17-9-3-10-18-31)28(37)33(26)23-21-30-15-7-2-8-16-30;2*7-3(8)1-6(13,5(11)12)2-4(9)10/h1,5-6,13-14H,2-4,7-12,15-24H2;2*13H,1-2H2,(H,7,8)(H,9,10)(H,11,12)/p-6. The van der Waals surface area contributed by atoms with Crippen molar-refractivity contribution < 1.29 is 84.0 Å². The predicted octanol–water partition coefficient (Wildman–Crippen LogP) is -7.37. The molecule has 2 N–H and O–H groups in total. The first-order valence-electron chi connectivity index (χ1n) is 20.8. The van der Waals surface area contributed by atoms with Gasteiger partial charge in [-0.3, -0.25) is 24.3 Å². The fraction of sp³-hybridized carbons (Fsp3) is 0.634. The maximum absolute atomic E-state index is 14.5. The van der Waals surface area contributed by atoms with E-state index in [1.54, 1.807) is 0 Å². The summed E-state index contributed by atoms with van der Waals surface area (Å²) in [5.74, 6) is -12.7. The predicted molar refractivity (Wildman–Crippen MR) is 201 cm³/mol. The van der Waals surface area contributed by atoms with E-state index in [0.29, 0.717) is 44.8 Å². The van der Waals surface area contributed by atoms with E-state index in [1.165, 1.54) is 22.6 Å². The smallest absolute Gasteiger partial charge is 0.333 e. The number of carbonyl (C=O) groups is 9. The lowest BCUT2D eigenvalue weighted by Crippen LogP contribution is -2.73. The van der Waals surface area contributed by atoms with Crippen LogP contribution in [0.2, 0.25) is 0 Å². The third kappa shape index (κ3) is 14.2. The summed E-state index contributed by atoms with van der Waals surface area (Å²) in [6.45, 7) is 7.36. The Labute approximate surface area is 363 Å². The summed E-state index contributed by atoms with van der Waals surface area (Å²) < 4.78 is 0. The molecular formula is C41H53N5O17-6. The van der Waals surface area contributed by atoms with Crippen LogP contribution in [0.15, 0.2) is 30.3 Å². The Balaban J connectivity index is 0.000000334. The van der Waals surface area contributed by atoms with Gasteiger partial charge in [0.05, 0.1) is 11.9 Å². The lowest BCUT2D eigenvalue weighted by Gasteiger charge is -2.50. The zero-order chi connectivity index (χ0) is 47.0. The third-order valence-electron chi connectivity index (χ3n) is 11.3. The Morgan fingerprint density at radius 3 is 1.11 bits per heavy atom. The number of carboxylic acids is 6. The minimum atomic E-state index is -2.97. The van der Waals surface area contributed by atoms with E-state index in [0.717, 1.165) is 71.1 Å². The van der Waals surface area contributed by atoms with Gasteiger partial charge in [-0.2, -0.15) is 0 Å². The SMILES string of the molecule is O=C([O-])CC(O)(CC(=O)[O-])C(=O)[O-].O=C([O-])CC(O)(CC(=O)[O-])C(=O)[O-].O=C1N(CCN2CCCCC2)C(=O)C(c2ccccc2)(N2CCCCC2)C(=O)N1CCN1CCCCC1. The van der Waals surface area contributed by atoms with Crippen LogP contribution in [0.25, 0.3) is 0 Å². The molecule has 4 aliphatic rings. The topological polar surface area (TPSA) is 349 Å². The highest BCUT2D eigenvalue weighted by atomic mass is 16.4. The zero-order valence-corrected chi connectivity index (χ0v) is 34.9. The molecule has 4 fully saturated rings. The van der Waals surface area contributed by atoms with Crippen molar-refractivity contribution in [2.75, 3.05) is 65.4 Å². The number of piperidine rings is 3. The van der Waals surface area contributed by atoms with Crippen molar-refractivity contribution in [3.05, 3.63) is 35.9 Å². The number of carbonyl (C=O) groups excluding carboxylic acids is 9. The molecule has 350 valence electrons. The average molecular weight is 888 g/mol. The van der Waals surface area contributed by atoms with E-state index in [4.69, 9.17) is 10.2 Å². The number of nitrogens with zero attached hydrogens (tertiary/aromatic N) is 5. The van der Waals surface area contributed by atoms with Gasteiger partial charge in [-0.1, -0.05) is 49.6 Å². The molecule has 0 atom stereocenters. The van der Waals surface area contributed by atoms with Crippen molar-refractivity contribution in [1.82, 2.24) is 24.5 Å². The lowest BCUT2D eigenvalue weighted by atomic mass is 9.81. The van der Waals surface area contributed by atoms with Gasteiger partial charge in [-0.05, 0) is 83.4 Å². The molecular weight excluding hydrogens is 834 g/mol. The van der Waals surface area contributed by atoms with Gasteiger partial charge >= 0.3 is 6.03 Å². The van der Waals surface area contributed by atoms with Crippen LogP contribution in [0.3, 0.4) is 0 Å². The van der Waals surface area contributed by atoms with Gasteiger partial charge in [-0.15, -0.1) is 0 Å². The quantitative estimate of drug-likeness (QED) is 0.129. The van der Waals surface area contributed by atoms with Gasteiger partial charge < -0.3 is 79.4 Å². The fourth-order valence-corrected chi connectivity index (χ4v) is 8.02. The Morgan fingerprint density at radius 2 is 0.810 bits per heavy atom. The summed E-state index contributed by atoms with van der Waals surface area (Å²) >= 11 is 0. The van der Waals surface area contributed by atoms with E-state index in [-0.39, 0.29) is 11.8 Å². The maximum atomic E-state index is 14.5. The molecule has 4 saturated heterocycles. The van der Waals surface area contributed by atoms with Crippen LogP contribution in [0.1, 0.15) is 89.0 Å². The van der Waals surface area contributed by atoms with Crippen molar-refractivity contribution in [3.8, 4) is 0 Å². The second kappa shape index (κ2) is 23.8. The number of benzene rings is 1. The highest BCUT2D eigenvalue weighted by molar-refractivity contribution is 6.22. The number of carboxylic acid groups (broad SMARTS) is 6. The van der Waals surface area contributed by atoms with Gasteiger partial charge in [0.25, 0.3) is 11.8 Å². The van der Waals surface area contributed by atoms with E-state index in [2.05, 4.69) is 14.7 Å². The molecule has 1 aromatic rings. The molecule has 4 heterocycles. The molecule has 0 radical (unpaired) electrons. The molecule has 0 aromatic heterocycles. The molecule has 0 bridgehead atoms. The second-order valence-corrected chi connectivity index (χ2v) is 16.0. The Hall–Kier alpha value is -5.55. The number of rotatable bonds is 18. The number of aliphatic hydroxyl groups is 2. The van der Waals surface area contributed by atoms with E-state index < -0.39 is 84.3 Å². The number of urea groups is 1.